The Morgan fingerprint density at radius 1 is 1.11 bits per heavy atom. The van der Waals surface area contributed by atoms with Crippen molar-refractivity contribution >= 4 is 17.7 Å². The molecule has 0 aromatic heterocycles. The lowest BCUT2D eigenvalue weighted by atomic mass is 9.75. The zero-order valence-corrected chi connectivity index (χ0v) is 11.7. The van der Waals surface area contributed by atoms with Crippen molar-refractivity contribution in [2.24, 2.45) is 5.92 Å². The fourth-order valence-electron chi connectivity index (χ4n) is 4.20. The van der Waals surface area contributed by atoms with E-state index in [1.54, 1.807) is 0 Å². The Bertz CT molecular complexity index is 317. The molecule has 4 atom stereocenters. The first-order valence-corrected chi connectivity index (χ1v) is 8.51. The molecule has 1 N–H and O–H groups in total. The second-order valence-electron chi connectivity index (χ2n) is 6.01. The van der Waals surface area contributed by atoms with Gasteiger partial charge in [-0.05, 0) is 43.8 Å². The minimum absolute atomic E-state index is 0.201. The number of carbonyl (C=O) groups is 1. The molecule has 2 saturated heterocycles. The van der Waals surface area contributed by atoms with Gasteiger partial charge in [0, 0.05) is 17.8 Å². The average molecular weight is 269 g/mol. The maximum Gasteiger partial charge on any atom is 0.320 e. The van der Waals surface area contributed by atoms with Gasteiger partial charge in [0.2, 0.25) is 0 Å². The Morgan fingerprint density at radius 3 is 2.67 bits per heavy atom. The lowest BCUT2D eigenvalue weighted by molar-refractivity contribution is -0.150. The second kappa shape index (κ2) is 5.41. The third-order valence-corrected chi connectivity index (χ3v) is 6.18. The molecule has 1 saturated carbocycles. The first-order valence-electron chi connectivity index (χ1n) is 7.35. The van der Waals surface area contributed by atoms with Crippen molar-refractivity contribution in [2.75, 3.05) is 11.5 Å². The summed E-state index contributed by atoms with van der Waals surface area (Å²) >= 11 is 1.99. The van der Waals surface area contributed by atoms with Gasteiger partial charge >= 0.3 is 5.97 Å². The molecule has 3 fully saturated rings. The first-order chi connectivity index (χ1) is 8.77. The van der Waals surface area contributed by atoms with Crippen LogP contribution >= 0.6 is 11.8 Å². The predicted octanol–water partition coefficient (Wildman–Crippen LogP) is 2.60. The number of rotatable bonds is 2. The number of piperidine rings is 1. The summed E-state index contributed by atoms with van der Waals surface area (Å²) < 4.78 is 0. The van der Waals surface area contributed by atoms with Crippen LogP contribution in [0.5, 0.6) is 0 Å². The Labute approximate surface area is 113 Å². The van der Waals surface area contributed by atoms with E-state index in [0.29, 0.717) is 12.1 Å². The van der Waals surface area contributed by atoms with Gasteiger partial charge in [-0.25, -0.2) is 0 Å². The molecule has 18 heavy (non-hydrogen) atoms. The zero-order valence-electron chi connectivity index (χ0n) is 10.9. The molecule has 2 heterocycles. The highest BCUT2D eigenvalue weighted by Gasteiger charge is 2.44. The normalized spacial score (nSPS) is 41.6. The smallest absolute Gasteiger partial charge is 0.320 e. The number of aliphatic carboxylic acids is 1. The molecule has 0 aromatic rings. The van der Waals surface area contributed by atoms with Crippen LogP contribution in [0.15, 0.2) is 0 Å². The van der Waals surface area contributed by atoms with Gasteiger partial charge < -0.3 is 5.11 Å². The summed E-state index contributed by atoms with van der Waals surface area (Å²) in [5, 5.41) is 9.51. The van der Waals surface area contributed by atoms with Gasteiger partial charge in [0.25, 0.3) is 0 Å². The van der Waals surface area contributed by atoms with Crippen LogP contribution in [0.25, 0.3) is 0 Å². The maximum absolute atomic E-state index is 11.5. The second-order valence-corrected chi connectivity index (χ2v) is 7.16. The van der Waals surface area contributed by atoms with E-state index in [1.807, 2.05) is 11.8 Å². The fraction of sp³-hybridized carbons (Fsp3) is 0.929. The Hall–Kier alpha value is -0.220. The van der Waals surface area contributed by atoms with Crippen molar-refractivity contribution in [1.82, 2.24) is 4.90 Å². The van der Waals surface area contributed by atoms with E-state index in [2.05, 4.69) is 4.90 Å². The topological polar surface area (TPSA) is 40.5 Å². The van der Waals surface area contributed by atoms with E-state index in [4.69, 9.17) is 0 Å². The molecule has 4 heteroatoms. The number of likely N-dealkylation sites (tertiary alicyclic amines) is 1. The minimum Gasteiger partial charge on any atom is -0.480 e. The molecule has 0 bridgehead atoms. The van der Waals surface area contributed by atoms with Crippen LogP contribution < -0.4 is 0 Å². The molecule has 4 unspecified atom stereocenters. The SMILES string of the molecule is O=C(O)C1CCC2CCCCC2N1C1CCSC1. The number of hydrogen-bond donors (Lipinski definition) is 1. The van der Waals surface area contributed by atoms with E-state index in [-0.39, 0.29) is 6.04 Å². The molecular weight excluding hydrogens is 246 g/mol. The van der Waals surface area contributed by atoms with Crippen molar-refractivity contribution in [1.29, 1.82) is 0 Å². The van der Waals surface area contributed by atoms with Crippen LogP contribution in [0.2, 0.25) is 0 Å². The number of carboxylic acid groups (broad SMARTS) is 1. The quantitative estimate of drug-likeness (QED) is 0.836. The van der Waals surface area contributed by atoms with Crippen LogP contribution in [-0.4, -0.2) is 45.6 Å². The minimum atomic E-state index is -0.587. The van der Waals surface area contributed by atoms with Crippen molar-refractivity contribution in [3.63, 3.8) is 0 Å². The number of nitrogens with zero attached hydrogens (tertiary/aromatic N) is 1. The van der Waals surface area contributed by atoms with Gasteiger partial charge in [-0.15, -0.1) is 0 Å². The fourth-order valence-corrected chi connectivity index (χ4v) is 5.42. The Kier molecular flexibility index (Phi) is 3.85. The molecule has 0 aromatic carbocycles. The summed E-state index contributed by atoms with van der Waals surface area (Å²) in [5.74, 6) is 2.55. The highest BCUT2D eigenvalue weighted by atomic mass is 32.2. The van der Waals surface area contributed by atoms with Gasteiger partial charge in [0.15, 0.2) is 0 Å². The zero-order chi connectivity index (χ0) is 12.5. The van der Waals surface area contributed by atoms with E-state index in [1.165, 1.54) is 37.9 Å². The lowest BCUT2D eigenvalue weighted by Crippen LogP contribution is -2.59. The molecule has 3 rings (SSSR count). The summed E-state index contributed by atoms with van der Waals surface area (Å²) in [5.41, 5.74) is 0. The van der Waals surface area contributed by atoms with E-state index < -0.39 is 5.97 Å². The van der Waals surface area contributed by atoms with E-state index in [0.717, 1.165) is 24.5 Å². The van der Waals surface area contributed by atoms with Crippen LogP contribution in [-0.2, 0) is 4.79 Å². The van der Waals surface area contributed by atoms with Crippen molar-refractivity contribution in [2.45, 2.75) is 63.1 Å². The molecule has 0 amide bonds. The molecule has 3 nitrogen and oxygen atoms in total. The monoisotopic (exact) mass is 269 g/mol. The third kappa shape index (κ3) is 2.29. The first kappa shape index (κ1) is 12.8. The van der Waals surface area contributed by atoms with Crippen LogP contribution in [0, 0.1) is 5.92 Å². The van der Waals surface area contributed by atoms with Gasteiger partial charge in [-0.1, -0.05) is 12.8 Å². The molecule has 0 radical (unpaired) electrons. The summed E-state index contributed by atoms with van der Waals surface area (Å²) in [7, 11) is 0. The Morgan fingerprint density at radius 2 is 1.94 bits per heavy atom. The van der Waals surface area contributed by atoms with E-state index in [9.17, 15) is 9.90 Å². The third-order valence-electron chi connectivity index (χ3n) is 5.04. The number of carboxylic acids is 1. The summed E-state index contributed by atoms with van der Waals surface area (Å²) in [6.07, 6.45) is 8.41. The van der Waals surface area contributed by atoms with Crippen molar-refractivity contribution in [3.8, 4) is 0 Å². The summed E-state index contributed by atoms with van der Waals surface area (Å²) in [4.78, 5) is 14.0. The molecule has 2 aliphatic heterocycles. The van der Waals surface area contributed by atoms with Gasteiger partial charge in [0.05, 0.1) is 0 Å². The van der Waals surface area contributed by atoms with Crippen LogP contribution in [0.1, 0.15) is 44.9 Å². The van der Waals surface area contributed by atoms with Gasteiger partial charge in [-0.3, -0.25) is 9.69 Å². The lowest BCUT2D eigenvalue weighted by Gasteiger charge is -2.49. The standard InChI is InChI=1S/C14H23NO2S/c16-14(17)13-6-5-10-3-1-2-4-12(10)15(13)11-7-8-18-9-11/h10-13H,1-9H2,(H,16,17). The van der Waals surface area contributed by atoms with Crippen molar-refractivity contribution < 1.29 is 9.90 Å². The van der Waals surface area contributed by atoms with E-state index >= 15 is 0 Å². The van der Waals surface area contributed by atoms with Gasteiger partial charge in [0.1, 0.15) is 6.04 Å². The largest absolute Gasteiger partial charge is 0.480 e. The molecule has 3 aliphatic rings. The highest BCUT2D eigenvalue weighted by Crippen LogP contribution is 2.41. The van der Waals surface area contributed by atoms with Crippen LogP contribution in [0.3, 0.4) is 0 Å². The predicted molar refractivity (Wildman–Crippen MR) is 74.0 cm³/mol. The van der Waals surface area contributed by atoms with Crippen LogP contribution in [0.4, 0.5) is 0 Å². The molecule has 1 aliphatic carbocycles. The number of hydrogen-bond acceptors (Lipinski definition) is 3. The Balaban J connectivity index is 1.82. The van der Waals surface area contributed by atoms with Crippen molar-refractivity contribution in [3.05, 3.63) is 0 Å². The summed E-state index contributed by atoms with van der Waals surface area (Å²) in [6.45, 7) is 0. The molecular formula is C14H23NO2S. The molecule has 0 spiro atoms. The summed E-state index contributed by atoms with van der Waals surface area (Å²) in [6, 6.07) is 0.896. The molecule has 102 valence electrons. The van der Waals surface area contributed by atoms with Gasteiger partial charge in [-0.2, -0.15) is 11.8 Å². The highest BCUT2D eigenvalue weighted by molar-refractivity contribution is 7.99. The number of fused-ring (bicyclic) bond motifs is 1. The number of thioether (sulfide) groups is 1. The maximum atomic E-state index is 11.5. The average Bonchev–Trinajstić information content (AvgIpc) is 2.90.